The molecule has 0 aromatic rings. The van der Waals surface area contributed by atoms with Gasteiger partial charge in [-0.15, -0.1) is 0 Å². The standard InChI is InChI=1S/C12H15NO3/c14-7-12(5-6-12)13-10(15)8-3-1-2-4-9(8)11(13)16/h1-2,8-9,14H,3-7H2. The number of fused-ring (bicyclic) bond motifs is 1. The molecular formula is C12H15NO3. The third-order valence-corrected chi connectivity index (χ3v) is 4.10. The lowest BCUT2D eigenvalue weighted by atomic mass is 9.85. The third kappa shape index (κ3) is 1.13. The van der Waals surface area contributed by atoms with Gasteiger partial charge in [0.2, 0.25) is 11.8 Å². The van der Waals surface area contributed by atoms with Crippen molar-refractivity contribution in [3.63, 3.8) is 0 Å². The van der Waals surface area contributed by atoms with E-state index in [0.717, 1.165) is 12.8 Å². The fourth-order valence-corrected chi connectivity index (χ4v) is 2.86. The van der Waals surface area contributed by atoms with E-state index in [1.54, 1.807) is 0 Å². The van der Waals surface area contributed by atoms with E-state index in [1.165, 1.54) is 4.90 Å². The quantitative estimate of drug-likeness (QED) is 0.544. The molecule has 0 spiro atoms. The highest BCUT2D eigenvalue weighted by Crippen LogP contribution is 2.48. The predicted octanol–water partition coefficient (Wildman–Crippen LogP) is 0.462. The van der Waals surface area contributed by atoms with Crippen molar-refractivity contribution in [3.8, 4) is 0 Å². The molecule has 1 saturated carbocycles. The number of aliphatic hydroxyl groups excluding tert-OH is 1. The molecule has 1 N–H and O–H groups in total. The Hall–Kier alpha value is -1.16. The number of hydrogen-bond acceptors (Lipinski definition) is 3. The molecule has 2 amide bonds. The van der Waals surface area contributed by atoms with Crippen LogP contribution in [0.25, 0.3) is 0 Å². The molecule has 3 rings (SSSR count). The number of hydrogen-bond donors (Lipinski definition) is 1. The molecule has 2 unspecified atom stereocenters. The Balaban J connectivity index is 1.92. The summed E-state index contributed by atoms with van der Waals surface area (Å²) < 4.78 is 0. The number of carbonyl (C=O) groups is 2. The number of aliphatic hydroxyl groups is 1. The SMILES string of the molecule is O=C1C2CC=CCC2C(=O)N1C1(CO)CC1. The Morgan fingerprint density at radius 1 is 1.19 bits per heavy atom. The average molecular weight is 221 g/mol. The first-order chi connectivity index (χ1) is 7.69. The average Bonchev–Trinajstić information content (AvgIpc) is 3.05. The van der Waals surface area contributed by atoms with Crippen molar-refractivity contribution in [1.29, 1.82) is 0 Å². The van der Waals surface area contributed by atoms with E-state index in [2.05, 4.69) is 0 Å². The number of amides is 2. The largest absolute Gasteiger partial charge is 0.394 e. The number of carbonyl (C=O) groups excluding carboxylic acids is 2. The van der Waals surface area contributed by atoms with E-state index in [0.29, 0.717) is 12.8 Å². The van der Waals surface area contributed by atoms with Crippen LogP contribution in [-0.4, -0.2) is 34.0 Å². The van der Waals surface area contributed by atoms with E-state index < -0.39 is 5.54 Å². The van der Waals surface area contributed by atoms with E-state index in [9.17, 15) is 14.7 Å². The van der Waals surface area contributed by atoms with Gasteiger partial charge in [-0.1, -0.05) is 12.2 Å². The van der Waals surface area contributed by atoms with E-state index in [-0.39, 0.29) is 30.3 Å². The second kappa shape index (κ2) is 3.17. The van der Waals surface area contributed by atoms with Crippen molar-refractivity contribution >= 4 is 11.8 Å². The smallest absolute Gasteiger partial charge is 0.234 e. The molecule has 4 nitrogen and oxygen atoms in total. The minimum Gasteiger partial charge on any atom is -0.394 e. The van der Waals surface area contributed by atoms with E-state index in [1.807, 2.05) is 12.2 Å². The minimum atomic E-state index is -0.536. The molecule has 0 aromatic carbocycles. The maximum atomic E-state index is 12.2. The number of rotatable bonds is 2. The van der Waals surface area contributed by atoms with Gasteiger partial charge < -0.3 is 5.11 Å². The first-order valence-corrected chi connectivity index (χ1v) is 5.83. The van der Waals surface area contributed by atoms with Gasteiger partial charge in [-0.2, -0.15) is 0 Å². The zero-order valence-electron chi connectivity index (χ0n) is 9.06. The number of likely N-dealkylation sites (tertiary alicyclic amines) is 1. The van der Waals surface area contributed by atoms with Crippen LogP contribution in [0, 0.1) is 11.8 Å². The van der Waals surface area contributed by atoms with Crippen LogP contribution in [0.3, 0.4) is 0 Å². The molecule has 16 heavy (non-hydrogen) atoms. The second-order valence-electron chi connectivity index (χ2n) is 5.05. The van der Waals surface area contributed by atoms with Gasteiger partial charge in [-0.3, -0.25) is 14.5 Å². The molecule has 0 bridgehead atoms. The van der Waals surface area contributed by atoms with Crippen molar-refractivity contribution in [3.05, 3.63) is 12.2 Å². The summed E-state index contributed by atoms with van der Waals surface area (Å²) in [7, 11) is 0. The van der Waals surface area contributed by atoms with Crippen LogP contribution in [-0.2, 0) is 9.59 Å². The molecule has 0 aromatic heterocycles. The summed E-state index contributed by atoms with van der Waals surface area (Å²) in [5, 5.41) is 9.32. The number of allylic oxidation sites excluding steroid dienone is 2. The molecule has 1 saturated heterocycles. The minimum absolute atomic E-state index is 0.0640. The summed E-state index contributed by atoms with van der Waals surface area (Å²) in [5.41, 5.74) is -0.536. The second-order valence-corrected chi connectivity index (χ2v) is 5.05. The van der Waals surface area contributed by atoms with Gasteiger partial charge in [-0.05, 0) is 25.7 Å². The van der Waals surface area contributed by atoms with Gasteiger partial charge in [0, 0.05) is 0 Å². The molecule has 2 fully saturated rings. The summed E-state index contributed by atoms with van der Waals surface area (Å²) in [6.45, 7) is -0.0860. The van der Waals surface area contributed by atoms with Crippen molar-refractivity contribution < 1.29 is 14.7 Å². The Bertz CT molecular complexity index is 358. The van der Waals surface area contributed by atoms with Crippen LogP contribution in [0.4, 0.5) is 0 Å². The van der Waals surface area contributed by atoms with Crippen molar-refractivity contribution in [2.75, 3.05) is 6.61 Å². The summed E-state index contributed by atoms with van der Waals surface area (Å²) in [5.74, 6) is -0.458. The van der Waals surface area contributed by atoms with Crippen LogP contribution in [0.15, 0.2) is 12.2 Å². The third-order valence-electron chi connectivity index (χ3n) is 4.10. The molecule has 1 aliphatic heterocycles. The van der Waals surface area contributed by atoms with Crippen molar-refractivity contribution in [2.24, 2.45) is 11.8 Å². The summed E-state index contributed by atoms with van der Waals surface area (Å²) in [6.07, 6.45) is 6.82. The Morgan fingerprint density at radius 2 is 1.69 bits per heavy atom. The van der Waals surface area contributed by atoms with Crippen molar-refractivity contribution in [1.82, 2.24) is 4.90 Å². The Kier molecular flexibility index (Phi) is 1.98. The molecule has 4 heteroatoms. The zero-order chi connectivity index (χ0) is 11.3. The number of imide groups is 1. The molecule has 2 aliphatic carbocycles. The highest BCUT2D eigenvalue weighted by atomic mass is 16.3. The van der Waals surface area contributed by atoms with E-state index >= 15 is 0 Å². The lowest BCUT2D eigenvalue weighted by Crippen LogP contribution is -2.44. The fraction of sp³-hybridized carbons (Fsp3) is 0.667. The van der Waals surface area contributed by atoms with Crippen LogP contribution in [0.5, 0.6) is 0 Å². The first kappa shape index (κ1) is 10.0. The fourth-order valence-electron chi connectivity index (χ4n) is 2.86. The van der Waals surface area contributed by atoms with Crippen LogP contribution >= 0.6 is 0 Å². The van der Waals surface area contributed by atoms with Crippen molar-refractivity contribution in [2.45, 2.75) is 31.2 Å². The lowest BCUT2D eigenvalue weighted by Gasteiger charge is -2.24. The normalized spacial score (nSPS) is 35.4. The molecule has 1 heterocycles. The maximum Gasteiger partial charge on any atom is 0.234 e. The van der Waals surface area contributed by atoms with E-state index in [4.69, 9.17) is 0 Å². The van der Waals surface area contributed by atoms with Gasteiger partial charge in [-0.25, -0.2) is 0 Å². The van der Waals surface area contributed by atoms with Gasteiger partial charge >= 0.3 is 0 Å². The molecule has 2 atom stereocenters. The molecule has 3 aliphatic rings. The predicted molar refractivity (Wildman–Crippen MR) is 56.3 cm³/mol. The maximum absolute atomic E-state index is 12.2. The van der Waals surface area contributed by atoms with Crippen LogP contribution in [0.2, 0.25) is 0 Å². The summed E-state index contributed by atoms with van der Waals surface area (Å²) >= 11 is 0. The zero-order valence-corrected chi connectivity index (χ0v) is 9.06. The number of nitrogens with zero attached hydrogens (tertiary/aromatic N) is 1. The molecular weight excluding hydrogens is 206 g/mol. The van der Waals surface area contributed by atoms with Crippen LogP contribution < -0.4 is 0 Å². The highest BCUT2D eigenvalue weighted by Gasteiger charge is 2.59. The summed E-state index contributed by atoms with van der Waals surface area (Å²) in [4.78, 5) is 25.7. The molecule has 86 valence electrons. The summed E-state index contributed by atoms with van der Waals surface area (Å²) in [6, 6.07) is 0. The highest BCUT2D eigenvalue weighted by molar-refractivity contribution is 6.06. The topological polar surface area (TPSA) is 57.6 Å². The van der Waals surface area contributed by atoms with Crippen LogP contribution in [0.1, 0.15) is 25.7 Å². The first-order valence-electron chi connectivity index (χ1n) is 5.83. The van der Waals surface area contributed by atoms with Gasteiger partial charge in [0.1, 0.15) is 0 Å². The Labute approximate surface area is 93.9 Å². The Morgan fingerprint density at radius 3 is 2.06 bits per heavy atom. The molecule has 0 radical (unpaired) electrons. The van der Waals surface area contributed by atoms with Gasteiger partial charge in [0.25, 0.3) is 0 Å². The van der Waals surface area contributed by atoms with Gasteiger partial charge in [0.15, 0.2) is 0 Å². The monoisotopic (exact) mass is 221 g/mol. The van der Waals surface area contributed by atoms with Gasteiger partial charge in [0.05, 0.1) is 24.0 Å². The lowest BCUT2D eigenvalue weighted by molar-refractivity contribution is -0.144.